The third kappa shape index (κ3) is 1.43. The lowest BCUT2D eigenvalue weighted by Crippen LogP contribution is -1.93. The van der Waals surface area contributed by atoms with Crippen molar-refractivity contribution in [2.24, 2.45) is 0 Å². The van der Waals surface area contributed by atoms with Gasteiger partial charge >= 0.3 is 5.69 Å². The van der Waals surface area contributed by atoms with Gasteiger partial charge in [0, 0.05) is 12.3 Å². The van der Waals surface area contributed by atoms with Crippen LogP contribution in [0.4, 0.5) is 5.69 Å². The summed E-state index contributed by atoms with van der Waals surface area (Å²) in [4.78, 5) is 13.3. The third-order valence-electron chi connectivity index (χ3n) is 1.08. The van der Waals surface area contributed by atoms with E-state index in [9.17, 15) is 10.1 Å². The van der Waals surface area contributed by atoms with E-state index in [1.165, 1.54) is 18.3 Å². The van der Waals surface area contributed by atoms with Gasteiger partial charge in [-0.3, -0.25) is 10.1 Å². The van der Waals surface area contributed by atoms with Crippen molar-refractivity contribution >= 4 is 5.69 Å². The number of aromatic nitrogens is 1. The van der Waals surface area contributed by atoms with E-state index >= 15 is 0 Å². The molecule has 0 aliphatic carbocycles. The minimum Gasteiger partial charge on any atom is -0.469 e. The minimum absolute atomic E-state index is 0.0718. The number of hydrogen-bond acceptors (Lipinski definition) is 4. The lowest BCUT2D eigenvalue weighted by atomic mass is 10.4. The zero-order chi connectivity index (χ0) is 8.27. The van der Waals surface area contributed by atoms with E-state index in [0.717, 1.165) is 0 Å². The van der Waals surface area contributed by atoms with Crippen LogP contribution >= 0.6 is 0 Å². The van der Waals surface area contributed by atoms with E-state index in [0.29, 0.717) is 0 Å². The summed E-state index contributed by atoms with van der Waals surface area (Å²) >= 11 is 0. The molecule has 0 bridgehead atoms. The van der Waals surface area contributed by atoms with E-state index in [1.807, 2.05) is 0 Å². The van der Waals surface area contributed by atoms with Crippen LogP contribution in [-0.2, 0) is 0 Å². The van der Waals surface area contributed by atoms with Crippen LogP contribution in [0.1, 0.15) is 0 Å². The summed E-state index contributed by atoms with van der Waals surface area (Å²) in [7, 11) is 3.03. The van der Waals surface area contributed by atoms with E-state index in [4.69, 9.17) is 0 Å². The van der Waals surface area contributed by atoms with E-state index in [1.54, 1.807) is 0 Å². The normalized spacial score (nSPS) is 9.18. The van der Waals surface area contributed by atoms with Gasteiger partial charge in [0.25, 0.3) is 5.88 Å². The van der Waals surface area contributed by atoms with Crippen LogP contribution in [0.25, 0.3) is 0 Å². The molecule has 5 heteroatoms. The van der Waals surface area contributed by atoms with Crippen LogP contribution in [0, 0.1) is 17.2 Å². The molecule has 0 aliphatic heterocycles. The number of rotatable bonds is 2. The summed E-state index contributed by atoms with van der Waals surface area (Å²) in [5, 5.41) is 10.2. The van der Waals surface area contributed by atoms with Crippen LogP contribution in [-0.4, -0.2) is 9.91 Å². The van der Waals surface area contributed by atoms with Crippen molar-refractivity contribution in [1.29, 1.82) is 0 Å². The van der Waals surface area contributed by atoms with E-state index < -0.39 is 4.92 Å². The summed E-state index contributed by atoms with van der Waals surface area (Å²) < 4.78 is 4.40. The molecule has 1 rings (SSSR count). The Morgan fingerprint density at radius 1 is 1.73 bits per heavy atom. The molecule has 1 aromatic rings. The van der Waals surface area contributed by atoms with E-state index in [-0.39, 0.29) is 11.6 Å². The zero-order valence-electron chi connectivity index (χ0n) is 5.56. The highest BCUT2D eigenvalue weighted by atomic mass is 16.6. The Morgan fingerprint density at radius 3 is 2.91 bits per heavy atom. The third-order valence-corrected chi connectivity index (χ3v) is 1.08. The molecule has 0 fully saturated rings. The fourth-order valence-corrected chi connectivity index (χ4v) is 0.632. The monoisotopic (exact) mass is 153 g/mol. The number of nitro groups is 1. The molecular formula is C6H5N2O3. The van der Waals surface area contributed by atoms with E-state index in [2.05, 4.69) is 16.8 Å². The average Bonchev–Trinajstić information content (AvgIpc) is 2.04. The van der Waals surface area contributed by atoms with Crippen molar-refractivity contribution < 1.29 is 9.66 Å². The van der Waals surface area contributed by atoms with Crippen molar-refractivity contribution in [2.75, 3.05) is 0 Å². The molecule has 0 saturated carbocycles. The molecule has 1 radical (unpaired) electrons. The van der Waals surface area contributed by atoms with Crippen LogP contribution in [0.5, 0.6) is 5.88 Å². The molecule has 0 aliphatic rings. The fourth-order valence-electron chi connectivity index (χ4n) is 0.632. The van der Waals surface area contributed by atoms with Gasteiger partial charge in [-0.15, -0.1) is 0 Å². The summed E-state index contributed by atoms with van der Waals surface area (Å²) in [5.41, 5.74) is -0.178. The molecule has 0 atom stereocenters. The Kier molecular flexibility index (Phi) is 2.00. The van der Waals surface area contributed by atoms with Crippen molar-refractivity contribution in [3.8, 4) is 5.88 Å². The maximum atomic E-state index is 10.2. The second kappa shape index (κ2) is 2.96. The Bertz CT molecular complexity index is 274. The molecule has 5 nitrogen and oxygen atoms in total. The van der Waals surface area contributed by atoms with Gasteiger partial charge in [0.2, 0.25) is 0 Å². The highest BCUT2D eigenvalue weighted by Crippen LogP contribution is 2.21. The molecule has 57 valence electrons. The molecule has 0 amide bonds. The van der Waals surface area contributed by atoms with Crippen molar-refractivity contribution in [3.63, 3.8) is 0 Å². The first-order valence-corrected chi connectivity index (χ1v) is 2.77. The SMILES string of the molecule is [CH2]Oc1ncccc1[N+](=O)[O-]. The minimum atomic E-state index is -0.576. The quantitative estimate of drug-likeness (QED) is 0.472. The summed E-state index contributed by atoms with van der Waals surface area (Å²) in [6.45, 7) is 0. The van der Waals surface area contributed by atoms with Gasteiger partial charge in [-0.25, -0.2) is 4.98 Å². The first kappa shape index (κ1) is 7.46. The summed E-state index contributed by atoms with van der Waals surface area (Å²) in [6.07, 6.45) is 1.40. The molecule has 0 spiro atoms. The topological polar surface area (TPSA) is 65.3 Å². The first-order valence-electron chi connectivity index (χ1n) is 2.77. The lowest BCUT2D eigenvalue weighted by Gasteiger charge is -1.96. The number of hydrogen-bond donors (Lipinski definition) is 0. The van der Waals surface area contributed by atoms with Gasteiger partial charge in [0.1, 0.15) is 7.11 Å². The Labute approximate surface area is 62.8 Å². The van der Waals surface area contributed by atoms with Gasteiger partial charge in [-0.2, -0.15) is 0 Å². The van der Waals surface area contributed by atoms with Crippen LogP contribution in [0.2, 0.25) is 0 Å². The Hall–Kier alpha value is -1.65. The van der Waals surface area contributed by atoms with Gasteiger partial charge in [-0.05, 0) is 6.07 Å². The lowest BCUT2D eigenvalue weighted by molar-refractivity contribution is -0.386. The predicted molar refractivity (Wildman–Crippen MR) is 36.9 cm³/mol. The Morgan fingerprint density at radius 2 is 2.45 bits per heavy atom. The summed E-state index contributed by atoms with van der Waals surface area (Å²) in [6, 6.07) is 2.76. The predicted octanol–water partition coefficient (Wildman–Crippen LogP) is 1.16. The molecule has 1 heterocycles. The highest BCUT2D eigenvalue weighted by molar-refractivity contribution is 5.39. The highest BCUT2D eigenvalue weighted by Gasteiger charge is 2.13. The largest absolute Gasteiger partial charge is 0.469 e. The molecule has 0 N–H and O–H groups in total. The average molecular weight is 153 g/mol. The second-order valence-electron chi connectivity index (χ2n) is 1.73. The maximum absolute atomic E-state index is 10.2. The van der Waals surface area contributed by atoms with Crippen LogP contribution < -0.4 is 4.74 Å². The molecule has 0 unspecified atom stereocenters. The summed E-state index contributed by atoms with van der Waals surface area (Å²) in [5.74, 6) is -0.0718. The van der Waals surface area contributed by atoms with Gasteiger partial charge in [-0.1, -0.05) is 0 Å². The second-order valence-corrected chi connectivity index (χ2v) is 1.73. The van der Waals surface area contributed by atoms with Crippen LogP contribution in [0.15, 0.2) is 18.3 Å². The number of ether oxygens (including phenoxy) is 1. The molecule has 11 heavy (non-hydrogen) atoms. The smallest absolute Gasteiger partial charge is 0.330 e. The zero-order valence-corrected chi connectivity index (χ0v) is 5.56. The van der Waals surface area contributed by atoms with Crippen molar-refractivity contribution in [3.05, 3.63) is 35.6 Å². The Balaban J connectivity index is 3.12. The van der Waals surface area contributed by atoms with Crippen molar-refractivity contribution in [2.45, 2.75) is 0 Å². The van der Waals surface area contributed by atoms with Crippen LogP contribution in [0.3, 0.4) is 0 Å². The fraction of sp³-hybridized carbons (Fsp3) is 0. The molecule has 1 aromatic heterocycles. The molecule has 0 aromatic carbocycles. The number of pyridine rings is 1. The van der Waals surface area contributed by atoms with Gasteiger partial charge in [0.05, 0.1) is 4.92 Å². The molecule has 0 saturated heterocycles. The van der Waals surface area contributed by atoms with Gasteiger partial charge < -0.3 is 4.74 Å². The van der Waals surface area contributed by atoms with Crippen molar-refractivity contribution in [1.82, 2.24) is 4.98 Å². The first-order chi connectivity index (χ1) is 5.25. The maximum Gasteiger partial charge on any atom is 0.330 e. The van der Waals surface area contributed by atoms with Gasteiger partial charge in [0.15, 0.2) is 0 Å². The molecular weight excluding hydrogens is 148 g/mol. The number of nitrogens with zero attached hydrogens (tertiary/aromatic N) is 2. The standard InChI is InChI=1S/C6H5N2O3/c1-11-6-5(8(9)10)3-2-4-7-6/h2-4H,1H2.